The highest BCUT2D eigenvalue weighted by Gasteiger charge is 2.23. The predicted molar refractivity (Wildman–Crippen MR) is 74.4 cm³/mol. The van der Waals surface area contributed by atoms with Crippen molar-refractivity contribution in [1.29, 1.82) is 0 Å². The number of hydrogen-bond donors (Lipinski definition) is 0. The predicted octanol–water partition coefficient (Wildman–Crippen LogP) is 2.97. The maximum atomic E-state index is 6.10. The molecule has 5 heteroatoms. The number of hydrogen-bond acceptors (Lipinski definition) is 4. The van der Waals surface area contributed by atoms with Gasteiger partial charge in [-0.05, 0) is 33.9 Å². The summed E-state index contributed by atoms with van der Waals surface area (Å²) < 4.78 is 5.83. The molecule has 0 fully saturated rings. The summed E-state index contributed by atoms with van der Waals surface area (Å²) in [5.74, 6) is 0.816. The molecule has 1 heterocycles. The number of ether oxygens (including phenoxy) is 1. The summed E-state index contributed by atoms with van der Waals surface area (Å²) in [4.78, 5) is 10.3. The third-order valence-corrected chi connectivity index (χ3v) is 3.45. The van der Waals surface area contributed by atoms with Gasteiger partial charge in [-0.3, -0.25) is 0 Å². The van der Waals surface area contributed by atoms with Gasteiger partial charge in [-0.25, -0.2) is 9.97 Å². The normalized spacial score (nSPS) is 12.3. The van der Waals surface area contributed by atoms with Crippen molar-refractivity contribution < 1.29 is 4.74 Å². The quantitative estimate of drug-likeness (QED) is 0.772. The fraction of sp³-hybridized carbons (Fsp3) is 0.692. The van der Waals surface area contributed by atoms with E-state index < -0.39 is 0 Å². The molecular weight excluding hydrogens is 250 g/mol. The van der Waals surface area contributed by atoms with E-state index >= 15 is 0 Å². The van der Waals surface area contributed by atoms with E-state index in [0.717, 1.165) is 5.56 Å². The van der Waals surface area contributed by atoms with E-state index in [1.807, 2.05) is 14.1 Å². The van der Waals surface area contributed by atoms with Crippen molar-refractivity contribution in [2.24, 2.45) is 0 Å². The lowest BCUT2D eigenvalue weighted by Crippen LogP contribution is -2.43. The van der Waals surface area contributed by atoms with Crippen LogP contribution in [0.2, 0.25) is 5.15 Å². The molecule has 0 aromatic carbocycles. The van der Waals surface area contributed by atoms with Gasteiger partial charge in [-0.2, -0.15) is 0 Å². The minimum Gasteiger partial charge on any atom is -0.475 e. The number of likely N-dealkylation sites (N-methyl/N-ethyl adjacent to an activating group) is 1. The summed E-state index contributed by atoms with van der Waals surface area (Å²) in [6.07, 6.45) is 1.44. The van der Waals surface area contributed by atoms with Gasteiger partial charge >= 0.3 is 0 Å². The molecule has 102 valence electrons. The molecule has 0 aliphatic rings. The largest absolute Gasteiger partial charge is 0.475 e. The average molecular weight is 272 g/mol. The molecule has 0 atom stereocenters. The zero-order valence-electron chi connectivity index (χ0n) is 12.0. The van der Waals surface area contributed by atoms with Crippen LogP contribution in [0.25, 0.3) is 0 Å². The van der Waals surface area contributed by atoms with Gasteiger partial charge in [0.1, 0.15) is 18.1 Å². The summed E-state index contributed by atoms with van der Waals surface area (Å²) in [6, 6.07) is 0. The van der Waals surface area contributed by atoms with Gasteiger partial charge in [0, 0.05) is 5.54 Å². The third kappa shape index (κ3) is 3.56. The van der Waals surface area contributed by atoms with Crippen molar-refractivity contribution in [3.05, 3.63) is 17.0 Å². The van der Waals surface area contributed by atoms with Crippen LogP contribution < -0.4 is 4.74 Å². The SMILES string of the molecule is CC(C)c1c(Cl)ncnc1OCC(C)(C)N(C)C. The van der Waals surface area contributed by atoms with Crippen molar-refractivity contribution in [1.82, 2.24) is 14.9 Å². The second-order valence-electron chi connectivity index (χ2n) is 5.53. The van der Waals surface area contributed by atoms with Gasteiger partial charge in [-0.15, -0.1) is 0 Å². The van der Waals surface area contributed by atoms with Gasteiger partial charge in [0.25, 0.3) is 0 Å². The Morgan fingerprint density at radius 1 is 1.33 bits per heavy atom. The lowest BCUT2D eigenvalue weighted by atomic mass is 10.1. The molecule has 1 aromatic rings. The number of rotatable bonds is 5. The Morgan fingerprint density at radius 3 is 2.44 bits per heavy atom. The van der Waals surface area contributed by atoms with E-state index in [0.29, 0.717) is 17.6 Å². The molecule has 0 spiro atoms. The molecule has 18 heavy (non-hydrogen) atoms. The maximum Gasteiger partial charge on any atom is 0.221 e. The maximum absolute atomic E-state index is 6.10. The van der Waals surface area contributed by atoms with Crippen LogP contribution in [0.3, 0.4) is 0 Å². The molecule has 0 radical (unpaired) electrons. The van der Waals surface area contributed by atoms with E-state index in [-0.39, 0.29) is 11.5 Å². The zero-order valence-corrected chi connectivity index (χ0v) is 12.7. The fourth-order valence-electron chi connectivity index (χ4n) is 1.33. The van der Waals surface area contributed by atoms with Crippen molar-refractivity contribution in [3.63, 3.8) is 0 Å². The third-order valence-electron chi connectivity index (χ3n) is 3.15. The van der Waals surface area contributed by atoms with Crippen LogP contribution in [-0.4, -0.2) is 41.1 Å². The van der Waals surface area contributed by atoms with Gasteiger partial charge in [-0.1, -0.05) is 25.4 Å². The summed E-state index contributed by atoms with van der Waals surface area (Å²) in [5.41, 5.74) is 0.805. The Kier molecular flexibility index (Phi) is 4.93. The molecule has 0 saturated heterocycles. The fourth-order valence-corrected chi connectivity index (χ4v) is 1.68. The number of halogens is 1. The van der Waals surface area contributed by atoms with Crippen LogP contribution >= 0.6 is 11.6 Å². The molecule has 0 N–H and O–H groups in total. The molecule has 0 amide bonds. The molecular formula is C13H22ClN3O. The summed E-state index contributed by atoms with van der Waals surface area (Å²) in [6.45, 7) is 8.88. The highest BCUT2D eigenvalue weighted by Crippen LogP contribution is 2.30. The van der Waals surface area contributed by atoms with Crippen molar-refractivity contribution in [2.45, 2.75) is 39.2 Å². The first-order valence-electron chi connectivity index (χ1n) is 6.06. The topological polar surface area (TPSA) is 38.3 Å². The number of nitrogens with zero attached hydrogens (tertiary/aromatic N) is 3. The van der Waals surface area contributed by atoms with Crippen LogP contribution in [0.15, 0.2) is 6.33 Å². The first-order chi connectivity index (χ1) is 8.25. The average Bonchev–Trinajstić information content (AvgIpc) is 2.25. The summed E-state index contributed by atoms with van der Waals surface area (Å²) >= 11 is 6.10. The second-order valence-corrected chi connectivity index (χ2v) is 5.89. The molecule has 0 aliphatic heterocycles. The molecule has 0 bridgehead atoms. The first-order valence-corrected chi connectivity index (χ1v) is 6.44. The van der Waals surface area contributed by atoms with Crippen LogP contribution in [0.5, 0.6) is 5.88 Å². The van der Waals surface area contributed by atoms with Gasteiger partial charge in [0.15, 0.2) is 0 Å². The zero-order chi connectivity index (χ0) is 13.9. The van der Waals surface area contributed by atoms with E-state index in [4.69, 9.17) is 16.3 Å². The van der Waals surface area contributed by atoms with Crippen LogP contribution in [0.1, 0.15) is 39.2 Å². The standard InChI is InChI=1S/C13H22ClN3O/c1-9(2)10-11(14)15-8-16-12(10)18-7-13(3,4)17(5)6/h8-9H,7H2,1-6H3. The van der Waals surface area contributed by atoms with Crippen molar-refractivity contribution in [2.75, 3.05) is 20.7 Å². The van der Waals surface area contributed by atoms with Gasteiger partial charge in [0.05, 0.1) is 5.56 Å². The van der Waals surface area contributed by atoms with Gasteiger partial charge < -0.3 is 9.64 Å². The van der Waals surface area contributed by atoms with Gasteiger partial charge in [0.2, 0.25) is 5.88 Å². The first kappa shape index (κ1) is 15.2. The van der Waals surface area contributed by atoms with E-state index in [2.05, 4.69) is 42.6 Å². The molecule has 1 aromatic heterocycles. The van der Waals surface area contributed by atoms with E-state index in [1.165, 1.54) is 6.33 Å². The van der Waals surface area contributed by atoms with E-state index in [1.54, 1.807) is 0 Å². The van der Waals surface area contributed by atoms with Crippen molar-refractivity contribution in [3.8, 4) is 5.88 Å². The number of aromatic nitrogens is 2. The lowest BCUT2D eigenvalue weighted by molar-refractivity contribution is 0.110. The smallest absolute Gasteiger partial charge is 0.221 e. The molecule has 4 nitrogen and oxygen atoms in total. The Labute approximate surface area is 114 Å². The molecule has 1 rings (SSSR count). The Balaban J connectivity index is 2.89. The Hall–Kier alpha value is -0.870. The van der Waals surface area contributed by atoms with E-state index in [9.17, 15) is 0 Å². The Bertz CT molecular complexity index is 405. The highest BCUT2D eigenvalue weighted by molar-refractivity contribution is 6.30. The second kappa shape index (κ2) is 5.85. The van der Waals surface area contributed by atoms with Crippen LogP contribution in [-0.2, 0) is 0 Å². The van der Waals surface area contributed by atoms with Crippen LogP contribution in [0.4, 0.5) is 0 Å². The lowest BCUT2D eigenvalue weighted by Gasteiger charge is -2.32. The minimum atomic E-state index is -0.0638. The molecule has 0 unspecified atom stereocenters. The molecule has 0 aliphatic carbocycles. The highest BCUT2D eigenvalue weighted by atomic mass is 35.5. The summed E-state index contributed by atoms with van der Waals surface area (Å²) in [5, 5.41) is 0.470. The van der Waals surface area contributed by atoms with Crippen molar-refractivity contribution >= 4 is 11.6 Å². The Morgan fingerprint density at radius 2 is 1.94 bits per heavy atom. The van der Waals surface area contributed by atoms with Crippen LogP contribution in [0, 0.1) is 0 Å². The summed E-state index contributed by atoms with van der Waals surface area (Å²) in [7, 11) is 4.05. The minimum absolute atomic E-state index is 0.0638. The molecule has 0 saturated carbocycles. The monoisotopic (exact) mass is 271 g/mol.